The lowest BCUT2D eigenvalue weighted by atomic mass is 9.74. The zero-order valence-electron chi connectivity index (χ0n) is 35.3. The number of imidazole rings is 2. The standard InChI is InChI=1S/C25H29F3N4O2.C21H24N4O2/c1-16(2)22(33)30-14-24(15-30)17-7-3-4-9-19(17)32(23(24)34)13-21-29-18-8-5-10-20(18)31(21)12-6-11-25(26,27)28;1-13(2)19(26)24-11-21(12-24)14-6-3-4-9-17(14)25(20(21)27)10-18-22-15-7-5-8-16(15)23-18/h3-4,7,9,16H,5-6,8,10-15H2,1-2H3;3-4,6,9,13H,5,7-8,10-12H2,1-2H3,(H,22,23). The molecule has 10 rings (SSSR count). The van der Waals surface area contributed by atoms with E-state index < -0.39 is 23.4 Å². The van der Waals surface area contributed by atoms with E-state index in [9.17, 15) is 32.3 Å². The molecular formula is C46H53F3N8O4. The number of aromatic nitrogens is 4. The third-order valence-corrected chi connectivity index (χ3v) is 13.4. The third kappa shape index (κ3) is 6.91. The minimum atomic E-state index is -4.19. The minimum absolute atomic E-state index is 0.0138. The van der Waals surface area contributed by atoms with Gasteiger partial charge in [0.2, 0.25) is 23.6 Å². The van der Waals surface area contributed by atoms with Crippen molar-refractivity contribution in [3.63, 3.8) is 0 Å². The van der Waals surface area contributed by atoms with Crippen molar-refractivity contribution >= 4 is 35.0 Å². The first-order valence-electron chi connectivity index (χ1n) is 21.7. The number of alkyl halides is 3. The molecular weight excluding hydrogens is 786 g/mol. The smallest absolute Gasteiger partial charge is 0.344 e. The fraction of sp³-hybridized carbons (Fsp3) is 0.522. The summed E-state index contributed by atoms with van der Waals surface area (Å²) in [5.74, 6) is 1.50. The van der Waals surface area contributed by atoms with E-state index in [4.69, 9.17) is 9.97 Å². The molecule has 61 heavy (non-hydrogen) atoms. The molecule has 0 radical (unpaired) electrons. The van der Waals surface area contributed by atoms with Gasteiger partial charge < -0.3 is 29.2 Å². The fourth-order valence-electron chi connectivity index (χ4n) is 10.4. The van der Waals surface area contributed by atoms with Gasteiger partial charge in [0.05, 0.1) is 24.5 Å². The zero-order valence-corrected chi connectivity index (χ0v) is 35.3. The molecule has 0 bridgehead atoms. The highest BCUT2D eigenvalue weighted by atomic mass is 19.4. The Kier molecular flexibility index (Phi) is 10.2. The highest BCUT2D eigenvalue weighted by molar-refractivity contribution is 6.11. The van der Waals surface area contributed by atoms with Crippen molar-refractivity contribution in [2.24, 2.45) is 11.8 Å². The van der Waals surface area contributed by atoms with Crippen LogP contribution < -0.4 is 9.80 Å². The molecule has 4 amide bonds. The van der Waals surface area contributed by atoms with Crippen LogP contribution in [0.5, 0.6) is 0 Å². The van der Waals surface area contributed by atoms with Gasteiger partial charge in [-0.05, 0) is 68.2 Å². The third-order valence-electron chi connectivity index (χ3n) is 13.4. The number of carbonyl (C=O) groups excluding carboxylic acids is 4. The Morgan fingerprint density at radius 2 is 1.25 bits per heavy atom. The number of aromatic amines is 1. The molecule has 6 aliphatic rings. The van der Waals surface area contributed by atoms with Crippen molar-refractivity contribution < 1.29 is 32.3 Å². The van der Waals surface area contributed by atoms with Gasteiger partial charge in [-0.3, -0.25) is 19.2 Å². The summed E-state index contributed by atoms with van der Waals surface area (Å²) >= 11 is 0. The molecule has 0 unspecified atom stereocenters. The molecule has 6 heterocycles. The summed E-state index contributed by atoms with van der Waals surface area (Å²) in [4.78, 5) is 71.9. The van der Waals surface area contributed by atoms with E-state index in [0.717, 1.165) is 83.9 Å². The Bertz CT molecular complexity index is 2380. The summed E-state index contributed by atoms with van der Waals surface area (Å²) in [5.41, 5.74) is 6.68. The monoisotopic (exact) mass is 838 g/mol. The predicted octanol–water partition coefficient (Wildman–Crippen LogP) is 6.18. The molecule has 2 spiro atoms. The summed E-state index contributed by atoms with van der Waals surface area (Å²) in [6, 6.07) is 15.6. The van der Waals surface area contributed by atoms with Crippen LogP contribution in [-0.2, 0) is 75.3 Å². The van der Waals surface area contributed by atoms with E-state index in [-0.39, 0.29) is 55.0 Å². The van der Waals surface area contributed by atoms with Gasteiger partial charge in [-0.15, -0.1) is 0 Å². The summed E-state index contributed by atoms with van der Waals surface area (Å²) in [7, 11) is 0. The number of nitrogens with zero attached hydrogens (tertiary/aromatic N) is 7. The Morgan fingerprint density at radius 3 is 1.79 bits per heavy atom. The van der Waals surface area contributed by atoms with E-state index >= 15 is 0 Å². The first kappa shape index (κ1) is 40.9. The molecule has 4 aliphatic heterocycles. The quantitative estimate of drug-likeness (QED) is 0.215. The van der Waals surface area contributed by atoms with Gasteiger partial charge in [0.25, 0.3) is 0 Å². The minimum Gasteiger partial charge on any atom is -0.344 e. The molecule has 2 aromatic carbocycles. The van der Waals surface area contributed by atoms with Crippen LogP contribution in [0, 0.1) is 11.8 Å². The Morgan fingerprint density at radius 1 is 0.721 bits per heavy atom. The molecule has 0 saturated carbocycles. The largest absolute Gasteiger partial charge is 0.389 e. The maximum Gasteiger partial charge on any atom is 0.389 e. The number of carbonyl (C=O) groups is 4. The first-order valence-corrected chi connectivity index (χ1v) is 21.7. The zero-order chi connectivity index (χ0) is 43.0. The number of hydrogen-bond acceptors (Lipinski definition) is 6. The summed E-state index contributed by atoms with van der Waals surface area (Å²) < 4.78 is 40.2. The van der Waals surface area contributed by atoms with Crippen LogP contribution in [0.15, 0.2) is 48.5 Å². The van der Waals surface area contributed by atoms with Crippen LogP contribution in [-0.4, -0.2) is 85.3 Å². The number of hydrogen-bond donors (Lipinski definition) is 1. The number of para-hydroxylation sites is 2. The molecule has 12 nitrogen and oxygen atoms in total. The lowest BCUT2D eigenvalue weighted by molar-refractivity contribution is -0.148. The summed E-state index contributed by atoms with van der Waals surface area (Å²) in [6.07, 6.45) is 0.742. The maximum absolute atomic E-state index is 13.7. The SMILES string of the molecule is CC(C)C(=O)N1CC2(C1)C(=O)N(Cc1nc3c([nH]1)CCC3)c1ccccc12.CC(C)C(=O)N1CC2(C1)C(=O)N(Cc1nc3c(n1CCCC(F)(F)F)CCC3)c1ccccc12. The van der Waals surface area contributed by atoms with Crippen LogP contribution in [0.4, 0.5) is 24.5 Å². The number of amides is 4. The fourth-order valence-corrected chi connectivity index (χ4v) is 10.4. The first-order chi connectivity index (χ1) is 29.1. The van der Waals surface area contributed by atoms with Crippen molar-refractivity contribution in [2.75, 3.05) is 36.0 Å². The molecule has 1 N–H and O–H groups in total. The van der Waals surface area contributed by atoms with Gasteiger partial charge >= 0.3 is 6.18 Å². The Labute approximate surface area is 353 Å². The molecule has 0 atom stereocenters. The maximum atomic E-state index is 13.7. The molecule has 4 aromatic rings. The van der Waals surface area contributed by atoms with E-state index in [1.165, 1.54) is 5.69 Å². The van der Waals surface area contributed by atoms with Crippen molar-refractivity contribution in [1.29, 1.82) is 0 Å². The van der Waals surface area contributed by atoms with Crippen LogP contribution in [0.25, 0.3) is 0 Å². The topological polar surface area (TPSA) is 128 Å². The molecule has 2 aromatic heterocycles. The lowest BCUT2D eigenvalue weighted by Gasteiger charge is -2.47. The highest BCUT2D eigenvalue weighted by Gasteiger charge is 2.60. The van der Waals surface area contributed by atoms with Crippen molar-refractivity contribution in [3.05, 3.63) is 94.1 Å². The number of H-pyrrole nitrogens is 1. The molecule has 2 aliphatic carbocycles. The van der Waals surface area contributed by atoms with Gasteiger partial charge in [-0.25, -0.2) is 9.97 Å². The predicted molar refractivity (Wildman–Crippen MR) is 222 cm³/mol. The van der Waals surface area contributed by atoms with Crippen LogP contribution in [0.1, 0.15) is 98.9 Å². The summed E-state index contributed by atoms with van der Waals surface area (Å²) in [5, 5.41) is 0. The Hall–Kier alpha value is -5.47. The van der Waals surface area contributed by atoms with Gasteiger partial charge in [0.15, 0.2) is 0 Å². The van der Waals surface area contributed by atoms with E-state index in [1.807, 2.05) is 90.6 Å². The molecule has 15 heteroatoms. The van der Waals surface area contributed by atoms with Crippen LogP contribution in [0.2, 0.25) is 0 Å². The second-order valence-electron chi connectivity index (χ2n) is 18.3. The number of halogens is 3. The number of nitrogens with one attached hydrogen (secondary N) is 1. The van der Waals surface area contributed by atoms with Gasteiger partial charge in [0.1, 0.15) is 22.5 Å². The van der Waals surface area contributed by atoms with E-state index in [0.29, 0.717) is 38.5 Å². The van der Waals surface area contributed by atoms with Gasteiger partial charge in [-0.2, -0.15) is 13.2 Å². The van der Waals surface area contributed by atoms with Crippen molar-refractivity contribution in [1.82, 2.24) is 29.3 Å². The lowest BCUT2D eigenvalue weighted by Crippen LogP contribution is -2.65. The number of rotatable bonds is 9. The summed E-state index contributed by atoms with van der Waals surface area (Å²) in [6.45, 7) is 10.1. The van der Waals surface area contributed by atoms with E-state index in [1.54, 1.807) is 9.80 Å². The number of anilines is 2. The van der Waals surface area contributed by atoms with E-state index in [2.05, 4.69) is 4.98 Å². The average molecular weight is 839 g/mol. The van der Waals surface area contributed by atoms with Crippen LogP contribution >= 0.6 is 0 Å². The Balaban J connectivity index is 0.000000160. The van der Waals surface area contributed by atoms with Crippen LogP contribution in [0.3, 0.4) is 0 Å². The average Bonchev–Trinajstić information content (AvgIpc) is 4.03. The number of benzene rings is 2. The van der Waals surface area contributed by atoms with Gasteiger partial charge in [0, 0.05) is 73.7 Å². The second kappa shape index (κ2) is 15.2. The molecule has 2 saturated heterocycles. The number of fused-ring (bicyclic) bond motifs is 6. The normalized spacial score (nSPS) is 19.0. The van der Waals surface area contributed by atoms with Crippen molar-refractivity contribution in [2.45, 2.75) is 116 Å². The van der Waals surface area contributed by atoms with Crippen molar-refractivity contribution in [3.8, 4) is 0 Å². The number of aryl methyl sites for hydroxylation is 3. The molecule has 322 valence electrons. The van der Waals surface area contributed by atoms with Gasteiger partial charge in [-0.1, -0.05) is 64.1 Å². The second-order valence-corrected chi connectivity index (χ2v) is 18.3. The highest BCUT2D eigenvalue weighted by Crippen LogP contribution is 2.49. The molecule has 2 fully saturated rings. The number of likely N-dealkylation sites (tertiary alicyclic amines) is 2.